The predicted molar refractivity (Wildman–Crippen MR) is 82.0 cm³/mol. The first-order valence-electron chi connectivity index (χ1n) is 7.62. The van der Waals surface area contributed by atoms with Gasteiger partial charge in [-0.3, -0.25) is 0 Å². The van der Waals surface area contributed by atoms with Gasteiger partial charge in [-0.25, -0.2) is 4.79 Å². The van der Waals surface area contributed by atoms with Crippen LogP contribution in [0.3, 0.4) is 0 Å². The van der Waals surface area contributed by atoms with Crippen molar-refractivity contribution in [2.24, 2.45) is 11.8 Å². The first-order valence-corrected chi connectivity index (χ1v) is 7.62. The third kappa shape index (κ3) is 3.75. The molecule has 0 saturated heterocycles. The minimum absolute atomic E-state index is 0.243. The van der Waals surface area contributed by atoms with Crippen molar-refractivity contribution >= 4 is 11.7 Å². The first-order chi connectivity index (χ1) is 9.60. The second-order valence-electron chi connectivity index (χ2n) is 6.02. The van der Waals surface area contributed by atoms with E-state index in [1.807, 2.05) is 31.2 Å². The molecular formula is C17H25NO2. The highest BCUT2D eigenvalue weighted by atomic mass is 16.5. The molecule has 3 nitrogen and oxygen atoms in total. The summed E-state index contributed by atoms with van der Waals surface area (Å²) in [5.74, 6) is 1.24. The Morgan fingerprint density at radius 3 is 2.50 bits per heavy atom. The number of rotatable bonds is 4. The Labute approximate surface area is 121 Å². The Kier molecular flexibility index (Phi) is 5.05. The molecule has 1 aromatic rings. The molecule has 0 aromatic heterocycles. The fourth-order valence-corrected chi connectivity index (χ4v) is 3.28. The summed E-state index contributed by atoms with van der Waals surface area (Å²) in [5.41, 5.74) is 1.54. The molecule has 1 aromatic carbocycles. The molecule has 2 atom stereocenters. The van der Waals surface area contributed by atoms with Crippen LogP contribution in [-0.2, 0) is 4.74 Å². The third-order valence-electron chi connectivity index (χ3n) is 3.96. The molecule has 0 bridgehead atoms. The fraction of sp³-hybridized carbons (Fsp3) is 0.588. The van der Waals surface area contributed by atoms with Gasteiger partial charge in [0.2, 0.25) is 0 Å². The minimum Gasteiger partial charge on any atom is -0.462 e. The smallest absolute Gasteiger partial charge is 0.340 e. The summed E-state index contributed by atoms with van der Waals surface area (Å²) in [6, 6.07) is 8.08. The molecule has 1 fully saturated rings. The number of para-hydroxylation sites is 1. The van der Waals surface area contributed by atoms with Crippen molar-refractivity contribution in [2.45, 2.75) is 46.1 Å². The maximum atomic E-state index is 12.0. The molecule has 2 unspecified atom stereocenters. The van der Waals surface area contributed by atoms with Crippen molar-refractivity contribution in [3.63, 3.8) is 0 Å². The van der Waals surface area contributed by atoms with Gasteiger partial charge in [0.1, 0.15) is 0 Å². The molecule has 0 amide bonds. The maximum Gasteiger partial charge on any atom is 0.340 e. The lowest BCUT2D eigenvalue weighted by atomic mass is 9.80. The van der Waals surface area contributed by atoms with E-state index in [2.05, 4.69) is 19.2 Å². The second kappa shape index (κ2) is 6.78. The van der Waals surface area contributed by atoms with Crippen LogP contribution in [0.25, 0.3) is 0 Å². The summed E-state index contributed by atoms with van der Waals surface area (Å²) in [6.07, 6.45) is 3.64. The van der Waals surface area contributed by atoms with E-state index in [-0.39, 0.29) is 5.97 Å². The van der Waals surface area contributed by atoms with Crippen LogP contribution >= 0.6 is 0 Å². The van der Waals surface area contributed by atoms with Gasteiger partial charge in [0.25, 0.3) is 0 Å². The van der Waals surface area contributed by atoms with Crippen LogP contribution in [0.2, 0.25) is 0 Å². The molecule has 1 aliphatic carbocycles. The normalized spacial score (nSPS) is 26.1. The van der Waals surface area contributed by atoms with Crippen LogP contribution in [0.5, 0.6) is 0 Å². The van der Waals surface area contributed by atoms with Gasteiger partial charge < -0.3 is 10.1 Å². The van der Waals surface area contributed by atoms with Crippen molar-refractivity contribution < 1.29 is 9.53 Å². The summed E-state index contributed by atoms with van der Waals surface area (Å²) in [6.45, 7) is 6.85. The quantitative estimate of drug-likeness (QED) is 0.841. The van der Waals surface area contributed by atoms with Crippen molar-refractivity contribution in [2.75, 3.05) is 11.9 Å². The van der Waals surface area contributed by atoms with Gasteiger partial charge in [-0.15, -0.1) is 0 Å². The number of esters is 1. The van der Waals surface area contributed by atoms with Crippen molar-refractivity contribution in [3.8, 4) is 0 Å². The number of carbonyl (C=O) groups is 1. The van der Waals surface area contributed by atoms with Gasteiger partial charge in [0, 0.05) is 11.7 Å². The first kappa shape index (κ1) is 14.9. The molecule has 110 valence electrons. The highest BCUT2D eigenvalue weighted by Gasteiger charge is 2.24. The summed E-state index contributed by atoms with van der Waals surface area (Å²) in [7, 11) is 0. The van der Waals surface area contributed by atoms with E-state index in [1.54, 1.807) is 0 Å². The van der Waals surface area contributed by atoms with E-state index in [9.17, 15) is 4.79 Å². The number of hydrogen-bond donors (Lipinski definition) is 1. The van der Waals surface area contributed by atoms with Crippen LogP contribution in [0.15, 0.2) is 24.3 Å². The highest BCUT2D eigenvalue weighted by Crippen LogP contribution is 2.31. The second-order valence-corrected chi connectivity index (χ2v) is 6.02. The summed E-state index contributed by atoms with van der Waals surface area (Å²) in [5, 5.41) is 3.55. The molecule has 3 heteroatoms. The Bertz CT molecular complexity index is 448. The van der Waals surface area contributed by atoms with Crippen LogP contribution < -0.4 is 5.32 Å². The molecule has 2 rings (SSSR count). The molecule has 20 heavy (non-hydrogen) atoms. The number of ether oxygens (including phenoxy) is 1. The fourth-order valence-electron chi connectivity index (χ4n) is 3.28. The molecule has 1 aliphatic rings. The average molecular weight is 275 g/mol. The van der Waals surface area contributed by atoms with Crippen molar-refractivity contribution in [1.29, 1.82) is 0 Å². The Morgan fingerprint density at radius 1 is 1.20 bits per heavy atom. The van der Waals surface area contributed by atoms with Gasteiger partial charge >= 0.3 is 5.97 Å². The molecule has 0 spiro atoms. The standard InChI is InChI=1S/C17H25NO2/c1-4-20-17(19)15-7-5-6-8-16(15)18-14-10-12(2)9-13(3)11-14/h5-8,12-14,18H,4,9-11H2,1-3H3. The van der Waals surface area contributed by atoms with Crippen LogP contribution in [0.1, 0.15) is 50.4 Å². The van der Waals surface area contributed by atoms with E-state index < -0.39 is 0 Å². The summed E-state index contributed by atoms with van der Waals surface area (Å²) in [4.78, 5) is 12.0. The van der Waals surface area contributed by atoms with E-state index in [1.165, 1.54) is 19.3 Å². The number of anilines is 1. The molecule has 1 saturated carbocycles. The predicted octanol–water partition coefficient (Wildman–Crippen LogP) is 4.10. The van der Waals surface area contributed by atoms with Crippen LogP contribution in [0.4, 0.5) is 5.69 Å². The number of nitrogens with one attached hydrogen (secondary N) is 1. The highest BCUT2D eigenvalue weighted by molar-refractivity contribution is 5.95. The molecular weight excluding hydrogens is 250 g/mol. The molecule has 1 N–H and O–H groups in total. The lowest BCUT2D eigenvalue weighted by molar-refractivity contribution is 0.0527. The molecule has 0 heterocycles. The largest absolute Gasteiger partial charge is 0.462 e. The topological polar surface area (TPSA) is 38.3 Å². The van der Waals surface area contributed by atoms with Gasteiger partial charge in [-0.1, -0.05) is 26.0 Å². The Morgan fingerprint density at radius 2 is 1.85 bits per heavy atom. The van der Waals surface area contributed by atoms with Crippen molar-refractivity contribution in [1.82, 2.24) is 0 Å². The summed E-state index contributed by atoms with van der Waals surface area (Å²) < 4.78 is 5.12. The zero-order valence-corrected chi connectivity index (χ0v) is 12.7. The summed E-state index contributed by atoms with van der Waals surface area (Å²) >= 11 is 0. The average Bonchev–Trinajstić information content (AvgIpc) is 2.38. The maximum absolute atomic E-state index is 12.0. The van der Waals surface area contributed by atoms with E-state index in [0.29, 0.717) is 18.2 Å². The minimum atomic E-state index is -0.243. The number of hydrogen-bond acceptors (Lipinski definition) is 3. The number of benzene rings is 1. The van der Waals surface area contributed by atoms with Gasteiger partial charge in [0.15, 0.2) is 0 Å². The van der Waals surface area contributed by atoms with Crippen LogP contribution in [0, 0.1) is 11.8 Å². The zero-order valence-electron chi connectivity index (χ0n) is 12.7. The van der Waals surface area contributed by atoms with Gasteiger partial charge in [-0.2, -0.15) is 0 Å². The zero-order chi connectivity index (χ0) is 14.5. The lowest BCUT2D eigenvalue weighted by Gasteiger charge is -2.33. The molecule has 0 aliphatic heterocycles. The monoisotopic (exact) mass is 275 g/mol. The Hall–Kier alpha value is -1.51. The van der Waals surface area contributed by atoms with Crippen molar-refractivity contribution in [3.05, 3.63) is 29.8 Å². The molecule has 0 radical (unpaired) electrons. The number of carbonyl (C=O) groups excluding carboxylic acids is 1. The van der Waals surface area contributed by atoms with Crippen LogP contribution in [-0.4, -0.2) is 18.6 Å². The van der Waals surface area contributed by atoms with E-state index in [0.717, 1.165) is 17.5 Å². The lowest BCUT2D eigenvalue weighted by Crippen LogP contribution is -2.30. The van der Waals surface area contributed by atoms with Gasteiger partial charge in [-0.05, 0) is 50.2 Å². The van der Waals surface area contributed by atoms with E-state index in [4.69, 9.17) is 4.74 Å². The Balaban J connectivity index is 2.10. The SMILES string of the molecule is CCOC(=O)c1ccccc1NC1CC(C)CC(C)C1. The van der Waals surface area contributed by atoms with Gasteiger partial charge in [0.05, 0.1) is 12.2 Å². The third-order valence-corrected chi connectivity index (χ3v) is 3.96. The van der Waals surface area contributed by atoms with E-state index >= 15 is 0 Å².